The van der Waals surface area contributed by atoms with E-state index in [0.717, 1.165) is 25.7 Å². The van der Waals surface area contributed by atoms with Crippen molar-refractivity contribution >= 4 is 5.78 Å². The Morgan fingerprint density at radius 1 is 1.38 bits per heavy atom. The summed E-state index contributed by atoms with van der Waals surface area (Å²) in [6, 6.07) is 0. The maximum atomic E-state index is 11.7. The molecule has 1 unspecified atom stereocenters. The molecular weight excluding hydrogens is 208 g/mol. The summed E-state index contributed by atoms with van der Waals surface area (Å²) in [4.78, 5) is 11.7. The number of hydrogen-bond donors (Lipinski definition) is 0. The first-order valence-corrected chi connectivity index (χ1v) is 5.98. The van der Waals surface area contributed by atoms with E-state index in [4.69, 9.17) is 14.2 Å². The SMILES string of the molecule is CCCCCC1OC(OC)(OC)CCC1=O. The standard InChI is InChI=1S/C12H22O4/c1-4-5-6-7-11-10(13)8-9-12(14-2,15-3)16-11/h11H,4-9H2,1-3H3. The van der Waals surface area contributed by atoms with Crippen LogP contribution in [0.2, 0.25) is 0 Å². The molecule has 0 spiro atoms. The molecule has 1 atom stereocenters. The Kier molecular flexibility index (Phi) is 5.38. The third-order valence-corrected chi connectivity index (χ3v) is 3.05. The summed E-state index contributed by atoms with van der Waals surface area (Å²) in [6.07, 6.45) is 4.63. The number of unbranched alkanes of at least 4 members (excludes halogenated alkanes) is 2. The fourth-order valence-electron chi connectivity index (χ4n) is 1.96. The number of hydrogen-bond acceptors (Lipinski definition) is 4. The van der Waals surface area contributed by atoms with Crippen molar-refractivity contribution in [3.63, 3.8) is 0 Å². The first-order valence-electron chi connectivity index (χ1n) is 5.98. The second kappa shape index (κ2) is 6.33. The van der Waals surface area contributed by atoms with Gasteiger partial charge >= 0.3 is 0 Å². The van der Waals surface area contributed by atoms with E-state index in [1.54, 1.807) is 14.2 Å². The minimum atomic E-state index is -1.01. The van der Waals surface area contributed by atoms with Crippen LogP contribution in [0.3, 0.4) is 0 Å². The molecule has 0 amide bonds. The van der Waals surface area contributed by atoms with Gasteiger partial charge in [-0.15, -0.1) is 0 Å². The molecule has 1 rings (SSSR count). The van der Waals surface area contributed by atoms with E-state index in [9.17, 15) is 4.79 Å². The predicted molar refractivity (Wildman–Crippen MR) is 60.0 cm³/mol. The molecule has 1 aliphatic heterocycles. The molecule has 0 radical (unpaired) electrons. The van der Waals surface area contributed by atoms with E-state index >= 15 is 0 Å². The van der Waals surface area contributed by atoms with Crippen LogP contribution in [0.4, 0.5) is 0 Å². The summed E-state index contributed by atoms with van der Waals surface area (Å²) in [5.74, 6) is -0.842. The van der Waals surface area contributed by atoms with Crippen molar-refractivity contribution < 1.29 is 19.0 Å². The third kappa shape index (κ3) is 3.27. The monoisotopic (exact) mass is 230 g/mol. The fraction of sp³-hybridized carbons (Fsp3) is 0.917. The minimum Gasteiger partial charge on any atom is -0.331 e. The third-order valence-electron chi connectivity index (χ3n) is 3.05. The highest BCUT2D eigenvalue weighted by Gasteiger charge is 2.41. The quantitative estimate of drug-likeness (QED) is 0.518. The van der Waals surface area contributed by atoms with Gasteiger partial charge in [-0.2, -0.15) is 0 Å². The molecule has 4 heteroatoms. The fourth-order valence-corrected chi connectivity index (χ4v) is 1.96. The first kappa shape index (κ1) is 13.6. The maximum Gasteiger partial charge on any atom is 0.283 e. The van der Waals surface area contributed by atoms with Crippen LogP contribution in [0.1, 0.15) is 45.4 Å². The first-order chi connectivity index (χ1) is 7.67. The topological polar surface area (TPSA) is 44.8 Å². The lowest BCUT2D eigenvalue weighted by molar-refractivity contribution is -0.382. The van der Waals surface area contributed by atoms with Gasteiger partial charge in [0, 0.05) is 27.1 Å². The summed E-state index contributed by atoms with van der Waals surface area (Å²) in [5.41, 5.74) is 0. The molecule has 0 aliphatic carbocycles. The number of methoxy groups -OCH3 is 2. The van der Waals surface area contributed by atoms with Crippen LogP contribution in [0.5, 0.6) is 0 Å². The van der Waals surface area contributed by atoms with Gasteiger partial charge in [-0.3, -0.25) is 4.79 Å². The summed E-state index contributed by atoms with van der Waals surface area (Å²) < 4.78 is 16.1. The number of rotatable bonds is 6. The normalized spacial score (nSPS) is 24.7. The van der Waals surface area contributed by atoms with E-state index in [1.807, 2.05) is 0 Å². The van der Waals surface area contributed by atoms with Gasteiger partial charge in [0.1, 0.15) is 6.10 Å². The van der Waals surface area contributed by atoms with Crippen LogP contribution in [0.15, 0.2) is 0 Å². The van der Waals surface area contributed by atoms with Crippen molar-refractivity contribution in [3.8, 4) is 0 Å². The summed E-state index contributed by atoms with van der Waals surface area (Å²) >= 11 is 0. The molecule has 16 heavy (non-hydrogen) atoms. The van der Waals surface area contributed by atoms with Gasteiger partial charge in [0.2, 0.25) is 0 Å². The summed E-state index contributed by atoms with van der Waals surface area (Å²) in [6.45, 7) is 2.14. The Balaban J connectivity index is 2.50. The highest BCUT2D eigenvalue weighted by atomic mass is 16.9. The van der Waals surface area contributed by atoms with Gasteiger partial charge in [-0.05, 0) is 6.42 Å². The smallest absolute Gasteiger partial charge is 0.283 e. The molecular formula is C12H22O4. The van der Waals surface area contributed by atoms with Crippen LogP contribution in [-0.4, -0.2) is 32.1 Å². The highest BCUT2D eigenvalue weighted by Crippen LogP contribution is 2.30. The molecule has 1 saturated heterocycles. The highest BCUT2D eigenvalue weighted by molar-refractivity contribution is 5.83. The number of carbonyl (C=O) groups excluding carboxylic acids is 1. The number of carbonyl (C=O) groups is 1. The van der Waals surface area contributed by atoms with Crippen LogP contribution < -0.4 is 0 Å². The van der Waals surface area contributed by atoms with Gasteiger partial charge in [-0.1, -0.05) is 26.2 Å². The summed E-state index contributed by atoms with van der Waals surface area (Å²) in [7, 11) is 3.09. The van der Waals surface area contributed by atoms with Crippen LogP contribution in [0, 0.1) is 0 Å². The van der Waals surface area contributed by atoms with E-state index in [2.05, 4.69) is 6.92 Å². The Labute approximate surface area is 97.2 Å². The molecule has 0 aromatic heterocycles. The zero-order valence-electron chi connectivity index (χ0n) is 10.5. The van der Waals surface area contributed by atoms with E-state index < -0.39 is 5.97 Å². The van der Waals surface area contributed by atoms with Gasteiger partial charge in [0.05, 0.1) is 0 Å². The summed E-state index contributed by atoms with van der Waals surface area (Å²) in [5, 5.41) is 0. The molecule has 94 valence electrons. The number of ketones is 1. The van der Waals surface area contributed by atoms with Gasteiger partial charge in [-0.25, -0.2) is 0 Å². The Morgan fingerprint density at radius 3 is 2.62 bits per heavy atom. The second-order valence-corrected chi connectivity index (χ2v) is 4.16. The average Bonchev–Trinajstić information content (AvgIpc) is 2.32. The molecule has 0 bridgehead atoms. The van der Waals surface area contributed by atoms with E-state index in [1.165, 1.54) is 0 Å². The molecule has 0 aromatic carbocycles. The molecule has 1 aliphatic rings. The second-order valence-electron chi connectivity index (χ2n) is 4.16. The van der Waals surface area contributed by atoms with Crippen LogP contribution >= 0.6 is 0 Å². The van der Waals surface area contributed by atoms with E-state index in [0.29, 0.717) is 12.8 Å². The number of ether oxygens (including phenoxy) is 3. The zero-order valence-corrected chi connectivity index (χ0v) is 10.5. The van der Waals surface area contributed by atoms with Crippen molar-refractivity contribution in [1.29, 1.82) is 0 Å². The van der Waals surface area contributed by atoms with Gasteiger partial charge < -0.3 is 14.2 Å². The number of Topliss-reactive ketones (excluding diaryl/α,β-unsaturated/α-hetero) is 1. The lowest BCUT2D eigenvalue weighted by Gasteiger charge is -2.37. The average molecular weight is 230 g/mol. The van der Waals surface area contributed by atoms with Crippen LogP contribution in [-0.2, 0) is 19.0 Å². The predicted octanol–water partition coefficient (Wildman–Crippen LogP) is 2.26. The molecule has 1 heterocycles. The molecule has 0 N–H and O–H groups in total. The van der Waals surface area contributed by atoms with Crippen molar-refractivity contribution in [2.24, 2.45) is 0 Å². The Hall–Kier alpha value is -0.450. The van der Waals surface area contributed by atoms with E-state index in [-0.39, 0.29) is 11.9 Å². The van der Waals surface area contributed by atoms with Crippen molar-refractivity contribution in [2.45, 2.75) is 57.5 Å². The van der Waals surface area contributed by atoms with Gasteiger partial charge in [0.15, 0.2) is 5.78 Å². The zero-order chi connectivity index (χ0) is 12.0. The lowest BCUT2D eigenvalue weighted by Crippen LogP contribution is -2.47. The largest absolute Gasteiger partial charge is 0.331 e. The van der Waals surface area contributed by atoms with Crippen LogP contribution in [0.25, 0.3) is 0 Å². The molecule has 1 fully saturated rings. The van der Waals surface area contributed by atoms with Gasteiger partial charge in [0.25, 0.3) is 5.97 Å². The molecule has 0 aromatic rings. The van der Waals surface area contributed by atoms with Crippen molar-refractivity contribution in [2.75, 3.05) is 14.2 Å². The molecule has 4 nitrogen and oxygen atoms in total. The van der Waals surface area contributed by atoms with Crippen molar-refractivity contribution in [1.82, 2.24) is 0 Å². The van der Waals surface area contributed by atoms with Crippen molar-refractivity contribution in [3.05, 3.63) is 0 Å². The molecule has 0 saturated carbocycles. The Bertz CT molecular complexity index is 223. The Morgan fingerprint density at radius 2 is 2.06 bits per heavy atom. The minimum absolute atomic E-state index is 0.167. The maximum absolute atomic E-state index is 11.7. The lowest BCUT2D eigenvalue weighted by atomic mass is 10.00.